The van der Waals surface area contributed by atoms with Crippen molar-refractivity contribution in [2.75, 3.05) is 33.5 Å². The van der Waals surface area contributed by atoms with Crippen LogP contribution >= 0.6 is 11.8 Å². The lowest BCUT2D eigenvalue weighted by molar-refractivity contribution is 0.0693. The summed E-state index contributed by atoms with van der Waals surface area (Å²) >= 11 is 1.79. The van der Waals surface area contributed by atoms with E-state index in [0.29, 0.717) is 5.75 Å². The van der Waals surface area contributed by atoms with Gasteiger partial charge in [0.15, 0.2) is 0 Å². The van der Waals surface area contributed by atoms with Gasteiger partial charge in [-0.05, 0) is 31.8 Å². The Morgan fingerprint density at radius 3 is 2.72 bits per heavy atom. The van der Waals surface area contributed by atoms with Crippen LogP contribution < -0.4 is 4.74 Å². The fourth-order valence-corrected chi connectivity index (χ4v) is 2.50. The predicted octanol–water partition coefficient (Wildman–Crippen LogP) is 2.19. The van der Waals surface area contributed by atoms with Crippen LogP contribution in [0.25, 0.3) is 0 Å². The minimum absolute atomic E-state index is 0.225. The average Bonchev–Trinajstić information content (AvgIpc) is 2.34. The summed E-state index contributed by atoms with van der Waals surface area (Å²) in [7, 11) is 5.56. The van der Waals surface area contributed by atoms with Crippen LogP contribution in [0.15, 0.2) is 18.2 Å². The van der Waals surface area contributed by atoms with Crippen LogP contribution in [0.4, 0.5) is 0 Å². The van der Waals surface area contributed by atoms with Gasteiger partial charge in [-0.3, -0.25) is 0 Å². The van der Waals surface area contributed by atoms with Crippen LogP contribution in [0.2, 0.25) is 0 Å². The molecule has 0 saturated carbocycles. The Morgan fingerprint density at radius 2 is 2.17 bits per heavy atom. The van der Waals surface area contributed by atoms with Crippen LogP contribution in [0.3, 0.4) is 0 Å². The summed E-state index contributed by atoms with van der Waals surface area (Å²) in [6.07, 6.45) is 0. The number of ether oxygens (including phenoxy) is 1. The smallest absolute Gasteiger partial charge is 0.339 e. The summed E-state index contributed by atoms with van der Waals surface area (Å²) in [6.45, 7) is 1.02. The highest BCUT2D eigenvalue weighted by atomic mass is 32.2. The van der Waals surface area contributed by atoms with Gasteiger partial charge in [-0.2, -0.15) is 11.8 Å². The molecule has 0 aliphatic heterocycles. The van der Waals surface area contributed by atoms with E-state index in [9.17, 15) is 4.79 Å². The fourth-order valence-electron chi connectivity index (χ4n) is 1.45. The molecule has 5 heteroatoms. The van der Waals surface area contributed by atoms with Crippen LogP contribution in [-0.4, -0.2) is 49.5 Å². The SMILES string of the molecule is COc1ccc(CSCCN(C)C)cc1C(=O)O. The molecule has 0 aliphatic rings. The van der Waals surface area contributed by atoms with E-state index in [-0.39, 0.29) is 5.56 Å². The molecule has 100 valence electrons. The molecule has 1 rings (SSSR count). The molecule has 0 radical (unpaired) electrons. The maximum absolute atomic E-state index is 11.1. The quantitative estimate of drug-likeness (QED) is 0.769. The Balaban J connectivity index is 2.62. The zero-order chi connectivity index (χ0) is 13.5. The summed E-state index contributed by atoms with van der Waals surface area (Å²) in [5.74, 6) is 1.30. The van der Waals surface area contributed by atoms with E-state index in [0.717, 1.165) is 23.6 Å². The molecule has 0 aromatic heterocycles. The molecular formula is C13H19NO3S. The van der Waals surface area contributed by atoms with E-state index in [1.807, 2.05) is 20.2 Å². The average molecular weight is 269 g/mol. The van der Waals surface area contributed by atoms with Crippen LogP contribution in [-0.2, 0) is 5.75 Å². The number of carboxylic acids is 1. The number of rotatable bonds is 7. The van der Waals surface area contributed by atoms with Crippen molar-refractivity contribution >= 4 is 17.7 Å². The highest BCUT2D eigenvalue weighted by molar-refractivity contribution is 7.98. The molecule has 0 atom stereocenters. The number of hydrogen-bond acceptors (Lipinski definition) is 4. The van der Waals surface area contributed by atoms with Gasteiger partial charge in [-0.15, -0.1) is 0 Å². The van der Waals surface area contributed by atoms with Gasteiger partial charge in [-0.25, -0.2) is 4.79 Å². The van der Waals surface area contributed by atoms with Crippen molar-refractivity contribution in [1.82, 2.24) is 4.90 Å². The molecule has 0 unspecified atom stereocenters. The Morgan fingerprint density at radius 1 is 1.44 bits per heavy atom. The molecule has 0 fully saturated rings. The lowest BCUT2D eigenvalue weighted by atomic mass is 10.1. The topological polar surface area (TPSA) is 49.8 Å². The molecule has 0 bridgehead atoms. The number of carboxylic acid groups (broad SMARTS) is 1. The van der Waals surface area contributed by atoms with Crippen molar-refractivity contribution in [1.29, 1.82) is 0 Å². The Bertz CT molecular complexity index is 407. The van der Waals surface area contributed by atoms with E-state index in [2.05, 4.69) is 4.90 Å². The van der Waals surface area contributed by atoms with Crippen molar-refractivity contribution < 1.29 is 14.6 Å². The van der Waals surface area contributed by atoms with Gasteiger partial charge in [-0.1, -0.05) is 6.07 Å². The van der Waals surface area contributed by atoms with Gasteiger partial charge in [0.25, 0.3) is 0 Å². The van der Waals surface area contributed by atoms with Gasteiger partial charge < -0.3 is 14.7 Å². The number of benzene rings is 1. The third-order valence-electron chi connectivity index (χ3n) is 2.45. The lowest BCUT2D eigenvalue weighted by Gasteiger charge is -2.10. The predicted molar refractivity (Wildman–Crippen MR) is 74.7 cm³/mol. The first-order chi connectivity index (χ1) is 8.54. The van der Waals surface area contributed by atoms with E-state index >= 15 is 0 Å². The number of carbonyl (C=O) groups is 1. The minimum atomic E-state index is -0.952. The van der Waals surface area contributed by atoms with Crippen molar-refractivity contribution in [2.45, 2.75) is 5.75 Å². The fraction of sp³-hybridized carbons (Fsp3) is 0.462. The highest BCUT2D eigenvalue weighted by Crippen LogP contribution is 2.22. The van der Waals surface area contributed by atoms with Gasteiger partial charge in [0, 0.05) is 18.1 Å². The summed E-state index contributed by atoms with van der Waals surface area (Å²) in [6, 6.07) is 5.31. The van der Waals surface area contributed by atoms with Crippen LogP contribution in [0, 0.1) is 0 Å². The van der Waals surface area contributed by atoms with E-state index in [1.165, 1.54) is 7.11 Å². The Kier molecular flexibility index (Phi) is 6.01. The molecule has 0 saturated heterocycles. The molecule has 1 aromatic carbocycles. The van der Waals surface area contributed by atoms with Crippen LogP contribution in [0.1, 0.15) is 15.9 Å². The first-order valence-electron chi connectivity index (χ1n) is 5.67. The third kappa shape index (κ3) is 4.58. The molecule has 0 heterocycles. The molecule has 1 N–H and O–H groups in total. The van der Waals surface area contributed by atoms with Gasteiger partial charge >= 0.3 is 5.97 Å². The van der Waals surface area contributed by atoms with Crippen molar-refractivity contribution in [3.8, 4) is 5.75 Å². The largest absolute Gasteiger partial charge is 0.496 e. The first kappa shape index (κ1) is 14.9. The van der Waals surface area contributed by atoms with Gasteiger partial charge in [0.2, 0.25) is 0 Å². The Labute approximate surface area is 112 Å². The third-order valence-corrected chi connectivity index (χ3v) is 3.45. The monoisotopic (exact) mass is 269 g/mol. The van der Waals surface area contributed by atoms with Crippen molar-refractivity contribution in [3.05, 3.63) is 29.3 Å². The number of methoxy groups -OCH3 is 1. The van der Waals surface area contributed by atoms with E-state index < -0.39 is 5.97 Å². The molecule has 1 aromatic rings. The molecule has 0 amide bonds. The van der Waals surface area contributed by atoms with E-state index in [1.54, 1.807) is 23.9 Å². The second kappa shape index (κ2) is 7.28. The van der Waals surface area contributed by atoms with Crippen molar-refractivity contribution in [3.63, 3.8) is 0 Å². The summed E-state index contributed by atoms with van der Waals surface area (Å²) in [5, 5.41) is 9.07. The van der Waals surface area contributed by atoms with Crippen LogP contribution in [0.5, 0.6) is 5.75 Å². The zero-order valence-corrected chi connectivity index (χ0v) is 11.8. The van der Waals surface area contributed by atoms with Gasteiger partial charge in [0.05, 0.1) is 7.11 Å². The maximum atomic E-state index is 11.1. The Hall–Kier alpha value is -1.20. The zero-order valence-electron chi connectivity index (χ0n) is 11.0. The second-order valence-corrected chi connectivity index (χ2v) is 5.30. The summed E-state index contributed by atoms with van der Waals surface area (Å²) in [5.41, 5.74) is 1.24. The highest BCUT2D eigenvalue weighted by Gasteiger charge is 2.11. The summed E-state index contributed by atoms with van der Waals surface area (Å²) in [4.78, 5) is 13.2. The molecule has 4 nitrogen and oxygen atoms in total. The first-order valence-corrected chi connectivity index (χ1v) is 6.82. The number of thioether (sulfide) groups is 1. The number of hydrogen-bond donors (Lipinski definition) is 1. The maximum Gasteiger partial charge on any atom is 0.339 e. The normalized spacial score (nSPS) is 10.7. The van der Waals surface area contributed by atoms with Gasteiger partial charge in [0.1, 0.15) is 11.3 Å². The standard InChI is InChI=1S/C13H19NO3S/c1-14(2)6-7-18-9-10-4-5-12(17-3)11(8-10)13(15)16/h4-5,8H,6-7,9H2,1-3H3,(H,15,16). The number of nitrogens with zero attached hydrogens (tertiary/aromatic N) is 1. The molecular weight excluding hydrogens is 250 g/mol. The van der Waals surface area contributed by atoms with E-state index in [4.69, 9.17) is 9.84 Å². The summed E-state index contributed by atoms with van der Waals surface area (Å²) < 4.78 is 5.02. The molecule has 0 spiro atoms. The molecule has 0 aliphatic carbocycles. The van der Waals surface area contributed by atoms with Crippen molar-refractivity contribution in [2.24, 2.45) is 0 Å². The minimum Gasteiger partial charge on any atom is -0.496 e. The number of aromatic carboxylic acids is 1. The lowest BCUT2D eigenvalue weighted by Crippen LogP contribution is -2.14. The second-order valence-electron chi connectivity index (χ2n) is 4.20. The molecule has 18 heavy (non-hydrogen) atoms.